The monoisotopic (exact) mass is 795 g/mol. The van der Waals surface area contributed by atoms with Crippen LogP contribution in [0.1, 0.15) is 40.9 Å². The Bertz CT molecular complexity index is 3560. The van der Waals surface area contributed by atoms with Crippen molar-refractivity contribution in [3.05, 3.63) is 235 Å². The molecule has 0 amide bonds. The lowest BCUT2D eigenvalue weighted by atomic mass is 9.68. The molecule has 0 N–H and O–H groups in total. The number of nitrogens with zero attached hydrogens (tertiary/aromatic N) is 3. The first-order valence-corrected chi connectivity index (χ1v) is 21.3. The Morgan fingerprint density at radius 3 is 1.65 bits per heavy atom. The number of aromatic nitrogens is 2. The predicted octanol–water partition coefficient (Wildman–Crippen LogP) is 14.9. The first-order valence-electron chi connectivity index (χ1n) is 21.3. The zero-order chi connectivity index (χ0) is 41.5. The van der Waals surface area contributed by atoms with Crippen LogP contribution in [0, 0.1) is 0 Å². The molecule has 2 aromatic heterocycles. The SMILES string of the molecule is CC1(C)c2ccccc2C(=O)c2ccc(-c3ccc4c(c3)c3cc(N(c5ccccc5)c5ccc6c7ccccc7n(-c7ccccc7)c6c5)ccc3n4-c3ccccc3)cc21. The summed E-state index contributed by atoms with van der Waals surface area (Å²) < 4.78 is 4.76. The molecule has 11 aromatic rings. The standard InChI is InChI=1S/C58H41N3O/c1-58(2)51-24-14-12-23-47(51)57(62)48-30-26-39(35-52(48)58)38-27-32-54-49(34-38)50-36-43(29-33-55(50)60(54)41-18-8-4-9-19-41)59(40-16-6-3-7-17-40)44-28-31-46-45-22-13-15-25-53(45)61(56(46)37-44)42-20-10-5-11-21-42/h3-37H,1-2H3. The molecule has 1 aliphatic rings. The molecule has 0 atom stereocenters. The molecule has 0 saturated carbocycles. The minimum Gasteiger partial charge on any atom is -0.310 e. The molecule has 294 valence electrons. The van der Waals surface area contributed by atoms with Crippen molar-refractivity contribution < 1.29 is 4.79 Å². The summed E-state index contributed by atoms with van der Waals surface area (Å²) in [4.78, 5) is 16.2. The van der Waals surface area contributed by atoms with Gasteiger partial charge in [-0.3, -0.25) is 4.79 Å². The molecule has 9 aromatic carbocycles. The van der Waals surface area contributed by atoms with Crippen LogP contribution in [0.2, 0.25) is 0 Å². The van der Waals surface area contributed by atoms with E-state index in [-0.39, 0.29) is 11.2 Å². The Hall–Kier alpha value is -7.95. The number of hydrogen-bond acceptors (Lipinski definition) is 2. The zero-order valence-electron chi connectivity index (χ0n) is 34.5. The third kappa shape index (κ3) is 5.43. The zero-order valence-corrected chi connectivity index (χ0v) is 34.5. The normalized spacial score (nSPS) is 13.2. The third-order valence-corrected chi connectivity index (χ3v) is 13.1. The maximum atomic E-state index is 13.8. The van der Waals surface area contributed by atoms with Crippen molar-refractivity contribution in [2.75, 3.05) is 4.90 Å². The van der Waals surface area contributed by atoms with Gasteiger partial charge in [-0.05, 0) is 113 Å². The lowest BCUT2D eigenvalue weighted by molar-refractivity contribution is 0.103. The third-order valence-electron chi connectivity index (χ3n) is 13.1. The molecule has 0 bridgehead atoms. The summed E-state index contributed by atoms with van der Waals surface area (Å²) >= 11 is 0. The summed E-state index contributed by atoms with van der Waals surface area (Å²) in [6.45, 7) is 4.47. The molecule has 4 nitrogen and oxygen atoms in total. The van der Waals surface area contributed by atoms with E-state index < -0.39 is 0 Å². The van der Waals surface area contributed by atoms with Crippen LogP contribution in [0.4, 0.5) is 17.1 Å². The quantitative estimate of drug-likeness (QED) is 0.168. The number of benzene rings is 9. The van der Waals surface area contributed by atoms with Crippen molar-refractivity contribution in [1.29, 1.82) is 0 Å². The van der Waals surface area contributed by atoms with E-state index in [0.29, 0.717) is 0 Å². The fraction of sp³-hybridized carbons (Fsp3) is 0.0517. The lowest BCUT2D eigenvalue weighted by Gasteiger charge is -2.34. The van der Waals surface area contributed by atoms with Gasteiger partial charge in [0.1, 0.15) is 0 Å². The summed E-state index contributed by atoms with van der Waals surface area (Å²) in [6.07, 6.45) is 0. The van der Waals surface area contributed by atoms with Gasteiger partial charge in [0.25, 0.3) is 0 Å². The van der Waals surface area contributed by atoms with Crippen molar-refractivity contribution in [3.63, 3.8) is 0 Å². The van der Waals surface area contributed by atoms with Crippen LogP contribution in [0.5, 0.6) is 0 Å². The summed E-state index contributed by atoms with van der Waals surface area (Å²) in [7, 11) is 0. The van der Waals surface area contributed by atoms with Gasteiger partial charge in [-0.15, -0.1) is 0 Å². The van der Waals surface area contributed by atoms with Gasteiger partial charge < -0.3 is 14.0 Å². The average molecular weight is 796 g/mol. The summed E-state index contributed by atoms with van der Waals surface area (Å²) in [5.74, 6) is 0.0963. The molecule has 12 rings (SSSR count). The van der Waals surface area contributed by atoms with E-state index in [2.05, 4.69) is 216 Å². The molecule has 62 heavy (non-hydrogen) atoms. The highest BCUT2D eigenvalue weighted by molar-refractivity contribution is 6.15. The van der Waals surface area contributed by atoms with Gasteiger partial charge in [0, 0.05) is 66.5 Å². The molecule has 4 heteroatoms. The van der Waals surface area contributed by atoms with Crippen LogP contribution in [0.3, 0.4) is 0 Å². The van der Waals surface area contributed by atoms with Gasteiger partial charge in [-0.2, -0.15) is 0 Å². The largest absolute Gasteiger partial charge is 0.310 e. The molecule has 1 aliphatic carbocycles. The van der Waals surface area contributed by atoms with Gasteiger partial charge >= 0.3 is 0 Å². The minimum atomic E-state index is -0.322. The number of anilines is 3. The molecule has 0 radical (unpaired) electrons. The van der Waals surface area contributed by atoms with Crippen LogP contribution in [-0.2, 0) is 5.41 Å². The molecular formula is C58H41N3O. The first-order chi connectivity index (χ1) is 30.4. The van der Waals surface area contributed by atoms with Crippen LogP contribution >= 0.6 is 0 Å². The number of ketones is 1. The van der Waals surface area contributed by atoms with Gasteiger partial charge in [-0.25, -0.2) is 0 Å². The van der Waals surface area contributed by atoms with Gasteiger partial charge in [0.05, 0.1) is 22.1 Å². The molecule has 2 heterocycles. The molecule has 0 aliphatic heterocycles. The second-order valence-corrected chi connectivity index (χ2v) is 16.9. The number of hydrogen-bond donors (Lipinski definition) is 0. The van der Waals surface area contributed by atoms with E-state index in [1.54, 1.807) is 0 Å². The number of para-hydroxylation sites is 4. The van der Waals surface area contributed by atoms with E-state index in [1.807, 2.05) is 24.3 Å². The Balaban J connectivity index is 1.07. The van der Waals surface area contributed by atoms with Crippen LogP contribution in [-0.4, -0.2) is 14.9 Å². The Kier molecular flexibility index (Phi) is 8.00. The number of fused-ring (bicyclic) bond motifs is 8. The first kappa shape index (κ1) is 35.9. The Morgan fingerprint density at radius 2 is 0.887 bits per heavy atom. The van der Waals surface area contributed by atoms with E-state index in [0.717, 1.165) is 89.1 Å². The van der Waals surface area contributed by atoms with E-state index in [1.165, 1.54) is 16.3 Å². The van der Waals surface area contributed by atoms with Crippen molar-refractivity contribution in [2.45, 2.75) is 19.3 Å². The minimum absolute atomic E-state index is 0.0963. The van der Waals surface area contributed by atoms with E-state index in [9.17, 15) is 4.79 Å². The van der Waals surface area contributed by atoms with Gasteiger partial charge in [0.2, 0.25) is 0 Å². The van der Waals surface area contributed by atoms with Crippen molar-refractivity contribution in [3.8, 4) is 22.5 Å². The van der Waals surface area contributed by atoms with Gasteiger partial charge in [-0.1, -0.05) is 135 Å². The maximum Gasteiger partial charge on any atom is 0.193 e. The second-order valence-electron chi connectivity index (χ2n) is 16.9. The highest BCUT2D eigenvalue weighted by atomic mass is 16.1. The fourth-order valence-electron chi connectivity index (χ4n) is 10.1. The van der Waals surface area contributed by atoms with Crippen LogP contribution in [0.25, 0.3) is 66.1 Å². The Morgan fingerprint density at radius 1 is 0.371 bits per heavy atom. The second kappa shape index (κ2) is 13.8. The summed E-state index contributed by atoms with van der Waals surface area (Å²) in [5.41, 5.74) is 15.7. The average Bonchev–Trinajstić information content (AvgIpc) is 3.83. The number of carbonyl (C=O) groups excluding carboxylic acids is 1. The van der Waals surface area contributed by atoms with Crippen LogP contribution < -0.4 is 4.90 Å². The fourth-order valence-corrected chi connectivity index (χ4v) is 10.1. The molecule has 0 unspecified atom stereocenters. The molecular weight excluding hydrogens is 755 g/mol. The van der Waals surface area contributed by atoms with E-state index >= 15 is 0 Å². The lowest BCUT2D eigenvalue weighted by Crippen LogP contribution is -2.30. The number of carbonyl (C=O) groups is 1. The van der Waals surface area contributed by atoms with Gasteiger partial charge in [0.15, 0.2) is 5.78 Å². The topological polar surface area (TPSA) is 30.2 Å². The summed E-state index contributed by atoms with van der Waals surface area (Å²) in [5, 5.41) is 4.77. The maximum absolute atomic E-state index is 13.8. The predicted molar refractivity (Wildman–Crippen MR) is 257 cm³/mol. The van der Waals surface area contributed by atoms with Crippen molar-refractivity contribution in [1.82, 2.24) is 9.13 Å². The highest BCUT2D eigenvalue weighted by Gasteiger charge is 2.36. The van der Waals surface area contributed by atoms with Crippen molar-refractivity contribution >= 4 is 66.5 Å². The molecule has 0 spiro atoms. The molecule has 0 saturated heterocycles. The highest BCUT2D eigenvalue weighted by Crippen LogP contribution is 2.45. The number of rotatable bonds is 6. The van der Waals surface area contributed by atoms with Crippen LogP contribution in [0.15, 0.2) is 212 Å². The molecule has 0 fully saturated rings. The summed E-state index contributed by atoms with van der Waals surface area (Å²) in [6, 6.07) is 75.7. The smallest absolute Gasteiger partial charge is 0.193 e. The van der Waals surface area contributed by atoms with E-state index in [4.69, 9.17) is 0 Å². The Labute approximate surface area is 360 Å². The van der Waals surface area contributed by atoms with Crippen molar-refractivity contribution in [2.24, 2.45) is 0 Å².